The van der Waals surface area contributed by atoms with Gasteiger partial charge in [0.05, 0.1) is 16.6 Å². The predicted octanol–water partition coefficient (Wildman–Crippen LogP) is 5.65. The van der Waals surface area contributed by atoms with E-state index in [0.29, 0.717) is 6.42 Å². The third-order valence-corrected chi connectivity index (χ3v) is 8.32. The van der Waals surface area contributed by atoms with Crippen molar-refractivity contribution in [1.29, 1.82) is 0 Å². The van der Waals surface area contributed by atoms with E-state index < -0.39 is 0 Å². The molecular weight excluding hydrogens is 418 g/mol. The van der Waals surface area contributed by atoms with Gasteiger partial charge in [-0.2, -0.15) is 0 Å². The first kappa shape index (κ1) is 18.9. The molecule has 1 aliphatic heterocycles. The van der Waals surface area contributed by atoms with Crippen molar-refractivity contribution in [1.82, 2.24) is 9.88 Å². The number of hydrogen-bond acceptors (Lipinski definition) is 6. The first-order chi connectivity index (χ1) is 14.2. The van der Waals surface area contributed by atoms with Crippen LogP contribution in [0.4, 0.5) is 5.00 Å². The van der Waals surface area contributed by atoms with E-state index in [2.05, 4.69) is 35.3 Å². The SMILES string of the molecule is CCN1CCc2c(sc(NC(=O)Cc3cccs3)c2-c2nc3ccccc3s2)C1. The van der Waals surface area contributed by atoms with Crippen molar-refractivity contribution in [2.24, 2.45) is 0 Å². The maximum atomic E-state index is 12.7. The average Bonchev–Trinajstić information content (AvgIpc) is 3.44. The standard InChI is InChI=1S/C22H21N3OS3/c1-2-25-10-9-15-18(13-25)29-22(24-19(26)12-14-6-5-11-27-14)20(15)21-23-16-7-3-4-8-17(16)28-21/h3-8,11H,2,9-10,12-13H2,1H3,(H,24,26). The molecular formula is C22H21N3OS3. The Bertz CT molecular complexity index is 1130. The zero-order valence-corrected chi connectivity index (χ0v) is 18.6. The molecule has 0 saturated carbocycles. The summed E-state index contributed by atoms with van der Waals surface area (Å²) in [5, 5.41) is 7.19. The largest absolute Gasteiger partial charge is 0.317 e. The highest BCUT2D eigenvalue weighted by atomic mass is 32.1. The number of aromatic nitrogens is 1. The molecule has 1 aliphatic rings. The molecule has 1 amide bonds. The minimum atomic E-state index is 0.0424. The van der Waals surface area contributed by atoms with Gasteiger partial charge < -0.3 is 5.32 Å². The number of amides is 1. The van der Waals surface area contributed by atoms with E-state index in [1.807, 2.05) is 23.6 Å². The van der Waals surface area contributed by atoms with Crippen LogP contribution >= 0.6 is 34.0 Å². The van der Waals surface area contributed by atoms with Gasteiger partial charge in [0.2, 0.25) is 5.91 Å². The molecule has 4 heterocycles. The van der Waals surface area contributed by atoms with Crippen LogP contribution in [0.15, 0.2) is 41.8 Å². The first-order valence-electron chi connectivity index (χ1n) is 9.76. The first-order valence-corrected chi connectivity index (χ1v) is 12.3. The number of benzene rings is 1. The van der Waals surface area contributed by atoms with E-state index in [1.165, 1.54) is 15.1 Å². The Labute approximate surface area is 181 Å². The number of carbonyl (C=O) groups is 1. The summed E-state index contributed by atoms with van der Waals surface area (Å²) in [6.45, 7) is 5.26. The van der Waals surface area contributed by atoms with E-state index in [9.17, 15) is 4.79 Å². The highest BCUT2D eigenvalue weighted by Gasteiger charge is 2.27. The molecule has 0 fully saturated rings. The highest BCUT2D eigenvalue weighted by Crippen LogP contribution is 2.45. The van der Waals surface area contributed by atoms with Crippen molar-refractivity contribution in [2.45, 2.75) is 26.3 Å². The number of rotatable bonds is 5. The second-order valence-corrected chi connectivity index (χ2v) is 10.3. The number of para-hydroxylation sites is 1. The summed E-state index contributed by atoms with van der Waals surface area (Å²) in [7, 11) is 0. The number of thiazole rings is 1. The number of hydrogen-bond donors (Lipinski definition) is 1. The van der Waals surface area contributed by atoms with Crippen LogP contribution in [0.25, 0.3) is 20.8 Å². The average molecular weight is 440 g/mol. The van der Waals surface area contributed by atoms with Crippen molar-refractivity contribution in [3.8, 4) is 10.6 Å². The van der Waals surface area contributed by atoms with Gasteiger partial charge in [-0.25, -0.2) is 4.98 Å². The minimum absolute atomic E-state index is 0.0424. The van der Waals surface area contributed by atoms with Crippen LogP contribution in [0, 0.1) is 0 Å². The number of fused-ring (bicyclic) bond motifs is 2. The lowest BCUT2D eigenvalue weighted by Crippen LogP contribution is -2.29. The normalized spacial score (nSPS) is 14.2. The Morgan fingerprint density at radius 1 is 1.21 bits per heavy atom. The molecule has 4 aromatic rings. The van der Waals surface area contributed by atoms with Gasteiger partial charge in [0, 0.05) is 28.4 Å². The number of carbonyl (C=O) groups excluding carboxylic acids is 1. The van der Waals surface area contributed by atoms with Crippen LogP contribution in [-0.2, 0) is 24.2 Å². The minimum Gasteiger partial charge on any atom is -0.317 e. The summed E-state index contributed by atoms with van der Waals surface area (Å²) in [6.07, 6.45) is 1.42. The van der Waals surface area contributed by atoms with Gasteiger partial charge in [-0.05, 0) is 42.1 Å². The van der Waals surface area contributed by atoms with Gasteiger partial charge in [0.1, 0.15) is 10.0 Å². The third kappa shape index (κ3) is 3.75. The molecule has 5 rings (SSSR count). The highest BCUT2D eigenvalue weighted by molar-refractivity contribution is 7.23. The van der Waals surface area contributed by atoms with E-state index in [-0.39, 0.29) is 5.91 Å². The number of nitrogens with zero attached hydrogens (tertiary/aromatic N) is 2. The predicted molar refractivity (Wildman–Crippen MR) is 124 cm³/mol. The van der Waals surface area contributed by atoms with Crippen molar-refractivity contribution in [3.63, 3.8) is 0 Å². The Hall–Kier alpha value is -2.06. The van der Waals surface area contributed by atoms with Gasteiger partial charge >= 0.3 is 0 Å². The van der Waals surface area contributed by atoms with Crippen LogP contribution in [0.2, 0.25) is 0 Å². The fraction of sp³-hybridized carbons (Fsp3) is 0.273. The Kier molecular flexibility index (Phi) is 5.22. The van der Waals surface area contributed by atoms with Crippen LogP contribution in [0.1, 0.15) is 22.2 Å². The molecule has 148 valence electrons. The molecule has 0 spiro atoms. The molecule has 3 aromatic heterocycles. The lowest BCUT2D eigenvalue weighted by Gasteiger charge is -2.25. The molecule has 0 radical (unpaired) electrons. The molecule has 0 aliphatic carbocycles. The zero-order chi connectivity index (χ0) is 19.8. The van der Waals surface area contributed by atoms with Gasteiger partial charge in [0.25, 0.3) is 0 Å². The molecule has 0 saturated heterocycles. The maximum Gasteiger partial charge on any atom is 0.230 e. The van der Waals surface area contributed by atoms with Crippen LogP contribution < -0.4 is 5.32 Å². The number of likely N-dealkylation sites (N-methyl/N-ethyl adjacent to an activating group) is 1. The molecule has 0 bridgehead atoms. The fourth-order valence-electron chi connectivity index (χ4n) is 3.76. The Balaban J connectivity index is 1.54. The summed E-state index contributed by atoms with van der Waals surface area (Å²) in [5.41, 5.74) is 3.53. The molecule has 1 aromatic carbocycles. The van der Waals surface area contributed by atoms with Crippen LogP contribution in [0.5, 0.6) is 0 Å². The van der Waals surface area contributed by atoms with Gasteiger partial charge in [-0.15, -0.1) is 34.0 Å². The molecule has 7 heteroatoms. The quantitative estimate of drug-likeness (QED) is 0.437. The van der Waals surface area contributed by atoms with E-state index >= 15 is 0 Å². The maximum absolute atomic E-state index is 12.7. The van der Waals surface area contributed by atoms with Crippen LogP contribution in [0.3, 0.4) is 0 Å². The van der Waals surface area contributed by atoms with E-state index in [1.54, 1.807) is 34.0 Å². The molecule has 4 nitrogen and oxygen atoms in total. The number of thiophene rings is 2. The van der Waals surface area contributed by atoms with Gasteiger partial charge in [-0.3, -0.25) is 9.69 Å². The Morgan fingerprint density at radius 2 is 2.10 bits per heavy atom. The van der Waals surface area contributed by atoms with Crippen molar-refractivity contribution in [3.05, 3.63) is 57.1 Å². The molecule has 0 unspecified atom stereocenters. The van der Waals surface area contributed by atoms with Crippen molar-refractivity contribution < 1.29 is 4.79 Å². The monoisotopic (exact) mass is 439 g/mol. The van der Waals surface area contributed by atoms with Crippen LogP contribution in [-0.4, -0.2) is 28.9 Å². The summed E-state index contributed by atoms with van der Waals surface area (Å²) in [4.78, 5) is 22.6. The topological polar surface area (TPSA) is 45.2 Å². The molecule has 0 atom stereocenters. The summed E-state index contributed by atoms with van der Waals surface area (Å²) in [5.74, 6) is 0.0424. The summed E-state index contributed by atoms with van der Waals surface area (Å²) < 4.78 is 1.18. The lowest BCUT2D eigenvalue weighted by atomic mass is 10.0. The summed E-state index contributed by atoms with van der Waals surface area (Å²) in [6, 6.07) is 12.2. The molecule has 1 N–H and O–H groups in total. The lowest BCUT2D eigenvalue weighted by molar-refractivity contribution is -0.115. The fourth-order valence-corrected chi connectivity index (χ4v) is 6.88. The van der Waals surface area contributed by atoms with E-state index in [4.69, 9.17) is 4.98 Å². The van der Waals surface area contributed by atoms with Crippen molar-refractivity contribution >= 4 is 55.1 Å². The third-order valence-electron chi connectivity index (χ3n) is 5.26. The zero-order valence-electron chi connectivity index (χ0n) is 16.1. The second-order valence-electron chi connectivity index (χ2n) is 7.12. The Morgan fingerprint density at radius 3 is 2.90 bits per heavy atom. The van der Waals surface area contributed by atoms with Gasteiger partial charge in [-0.1, -0.05) is 25.1 Å². The number of nitrogens with one attached hydrogen (secondary N) is 1. The summed E-state index contributed by atoms with van der Waals surface area (Å²) >= 11 is 5.06. The van der Waals surface area contributed by atoms with Gasteiger partial charge in [0.15, 0.2) is 0 Å². The van der Waals surface area contributed by atoms with Crippen molar-refractivity contribution in [2.75, 3.05) is 18.4 Å². The van der Waals surface area contributed by atoms with E-state index in [0.717, 1.165) is 52.0 Å². The molecule has 29 heavy (non-hydrogen) atoms. The number of anilines is 1. The smallest absolute Gasteiger partial charge is 0.230 e. The second kappa shape index (κ2) is 7.99.